The third kappa shape index (κ3) is 6.16. The van der Waals surface area contributed by atoms with Crippen molar-refractivity contribution in [3.63, 3.8) is 0 Å². The average Bonchev–Trinajstić information content (AvgIpc) is 3.34. The van der Waals surface area contributed by atoms with Crippen molar-refractivity contribution in [2.45, 2.75) is 41.3 Å². The number of amides is 1. The van der Waals surface area contributed by atoms with Crippen LogP contribution in [0.15, 0.2) is 40.5 Å². The Morgan fingerprint density at radius 2 is 1.94 bits per heavy atom. The summed E-state index contributed by atoms with van der Waals surface area (Å²) >= 11 is 1.04. The van der Waals surface area contributed by atoms with Gasteiger partial charge in [-0.3, -0.25) is 10.1 Å². The van der Waals surface area contributed by atoms with Crippen molar-refractivity contribution in [2.75, 3.05) is 24.8 Å². The Balaban J connectivity index is 1.55. The molecular formula is C20H23N3O7S3. The molecule has 2 heterocycles. The summed E-state index contributed by atoms with van der Waals surface area (Å²) in [6.45, 7) is 0.899. The van der Waals surface area contributed by atoms with Gasteiger partial charge in [-0.25, -0.2) is 21.8 Å². The molecule has 0 unspecified atom stereocenters. The van der Waals surface area contributed by atoms with E-state index in [0.717, 1.165) is 17.6 Å². The Kier molecular flexibility index (Phi) is 6.84. The summed E-state index contributed by atoms with van der Waals surface area (Å²) in [4.78, 5) is 23.2. The minimum atomic E-state index is -3.36. The molecular weight excluding hydrogens is 490 g/mol. The number of thiazole rings is 1. The predicted molar refractivity (Wildman–Crippen MR) is 123 cm³/mol. The Morgan fingerprint density at radius 1 is 1.21 bits per heavy atom. The number of nitrogens with zero attached hydrogens (tertiary/aromatic N) is 2. The SMILES string of the molecule is CS(=O)(=O)Cc1cnc(NC(=O)/C(=N/O[C@@H]2CCOC2)c2ccc(S(=O)(=O)C3CC3)cc2)s1. The quantitative estimate of drug-likeness (QED) is 0.395. The molecule has 2 aromatic rings. The average molecular weight is 514 g/mol. The van der Waals surface area contributed by atoms with Crippen LogP contribution < -0.4 is 5.32 Å². The molecule has 2 fully saturated rings. The van der Waals surface area contributed by atoms with Crippen LogP contribution in [0.3, 0.4) is 0 Å². The van der Waals surface area contributed by atoms with Gasteiger partial charge in [0, 0.05) is 29.3 Å². The molecule has 1 saturated heterocycles. The molecule has 0 spiro atoms. The van der Waals surface area contributed by atoms with Gasteiger partial charge in [-0.05, 0) is 25.0 Å². The van der Waals surface area contributed by atoms with Gasteiger partial charge >= 0.3 is 0 Å². The molecule has 33 heavy (non-hydrogen) atoms. The molecule has 2 aliphatic rings. The first-order chi connectivity index (χ1) is 15.6. The maximum absolute atomic E-state index is 13.0. The van der Waals surface area contributed by atoms with Gasteiger partial charge in [0.2, 0.25) is 0 Å². The van der Waals surface area contributed by atoms with Gasteiger partial charge in [0.05, 0.1) is 29.1 Å². The lowest BCUT2D eigenvalue weighted by Gasteiger charge is -2.10. The number of rotatable bonds is 9. The van der Waals surface area contributed by atoms with E-state index in [4.69, 9.17) is 9.57 Å². The fourth-order valence-corrected chi connectivity index (χ4v) is 6.90. The lowest BCUT2D eigenvalue weighted by atomic mass is 10.1. The smallest absolute Gasteiger partial charge is 0.280 e. The molecule has 0 radical (unpaired) electrons. The van der Waals surface area contributed by atoms with Gasteiger partial charge in [-0.1, -0.05) is 17.3 Å². The number of anilines is 1. The largest absolute Gasteiger partial charge is 0.389 e. The summed E-state index contributed by atoms with van der Waals surface area (Å²) < 4.78 is 53.1. The van der Waals surface area contributed by atoms with Crippen LogP contribution in [-0.4, -0.2) is 64.3 Å². The summed E-state index contributed by atoms with van der Waals surface area (Å²) in [5, 5.41) is 6.52. The van der Waals surface area contributed by atoms with Gasteiger partial charge in [0.25, 0.3) is 5.91 Å². The van der Waals surface area contributed by atoms with E-state index in [2.05, 4.69) is 15.5 Å². The Labute approximate surface area is 195 Å². The minimum Gasteiger partial charge on any atom is -0.389 e. The molecule has 4 rings (SSSR count). The minimum absolute atomic E-state index is 0.0582. The van der Waals surface area contributed by atoms with Gasteiger partial charge in [-0.15, -0.1) is 11.3 Å². The topological polar surface area (TPSA) is 141 Å². The predicted octanol–water partition coefficient (Wildman–Crippen LogP) is 1.77. The number of nitrogens with one attached hydrogen (secondary N) is 1. The Hall–Kier alpha value is -2.35. The van der Waals surface area contributed by atoms with Gasteiger partial charge in [0.15, 0.2) is 36.6 Å². The van der Waals surface area contributed by atoms with Crippen LogP contribution in [0.4, 0.5) is 5.13 Å². The summed E-state index contributed by atoms with van der Waals surface area (Å²) in [5.41, 5.74) is 0.311. The summed E-state index contributed by atoms with van der Waals surface area (Å²) in [5.74, 6) is -0.796. The highest BCUT2D eigenvalue weighted by Crippen LogP contribution is 2.33. The zero-order chi connectivity index (χ0) is 23.6. The van der Waals surface area contributed by atoms with E-state index in [1.165, 1.54) is 30.5 Å². The zero-order valence-corrected chi connectivity index (χ0v) is 20.2. The lowest BCUT2D eigenvalue weighted by Crippen LogP contribution is -2.25. The number of benzene rings is 1. The van der Waals surface area contributed by atoms with E-state index in [1.807, 2.05) is 0 Å². The Bertz CT molecular complexity index is 1260. The highest BCUT2D eigenvalue weighted by molar-refractivity contribution is 7.92. The fourth-order valence-electron chi connectivity index (χ4n) is 3.17. The van der Waals surface area contributed by atoms with Crippen LogP contribution in [0, 0.1) is 0 Å². The number of carbonyl (C=O) groups is 1. The number of ether oxygens (including phenoxy) is 1. The molecule has 1 saturated carbocycles. The maximum Gasteiger partial charge on any atom is 0.280 e. The fraction of sp³-hybridized carbons (Fsp3) is 0.450. The first-order valence-electron chi connectivity index (χ1n) is 10.2. The van der Waals surface area contributed by atoms with E-state index in [0.29, 0.717) is 42.9 Å². The second-order valence-corrected chi connectivity index (χ2v) is 13.4. The maximum atomic E-state index is 13.0. The van der Waals surface area contributed by atoms with Crippen LogP contribution in [0.1, 0.15) is 29.7 Å². The van der Waals surface area contributed by atoms with Crippen molar-refractivity contribution in [1.29, 1.82) is 0 Å². The van der Waals surface area contributed by atoms with Crippen molar-refractivity contribution in [1.82, 2.24) is 4.98 Å². The van der Waals surface area contributed by atoms with Crippen molar-refractivity contribution in [3.8, 4) is 0 Å². The van der Waals surface area contributed by atoms with Crippen LogP contribution in [0.25, 0.3) is 0 Å². The number of carbonyl (C=O) groups excluding carboxylic acids is 1. The molecule has 1 aliphatic heterocycles. The van der Waals surface area contributed by atoms with Gasteiger partial charge < -0.3 is 9.57 Å². The molecule has 1 aromatic carbocycles. The van der Waals surface area contributed by atoms with Crippen LogP contribution in [0.2, 0.25) is 0 Å². The molecule has 178 valence electrons. The summed E-state index contributed by atoms with van der Waals surface area (Å²) in [6.07, 6.45) is 4.17. The molecule has 0 bridgehead atoms. The van der Waals surface area contributed by atoms with E-state index < -0.39 is 25.6 Å². The molecule has 1 aliphatic carbocycles. The summed E-state index contributed by atoms with van der Waals surface area (Å²) in [6, 6.07) is 5.94. The number of hydrogen-bond acceptors (Lipinski definition) is 10. The second-order valence-electron chi connectivity index (χ2n) is 7.96. The van der Waals surface area contributed by atoms with Gasteiger partial charge in [-0.2, -0.15) is 0 Å². The normalized spacial score (nSPS) is 19.4. The number of hydrogen-bond donors (Lipinski definition) is 1. The first-order valence-corrected chi connectivity index (χ1v) is 14.6. The summed E-state index contributed by atoms with van der Waals surface area (Å²) in [7, 11) is -6.59. The number of oxime groups is 1. The standard InChI is InChI=1S/C20H23N3O7S3/c1-32(25,26)12-15-10-21-20(31-15)22-19(24)18(23-30-14-8-9-29-11-14)13-2-4-16(5-3-13)33(27,28)17-6-7-17/h2-5,10,14,17H,6-9,11-12H2,1H3,(H,21,22,24)/b23-18+/t14-/m1/s1. The van der Waals surface area contributed by atoms with Crippen LogP contribution in [0.5, 0.6) is 0 Å². The zero-order valence-electron chi connectivity index (χ0n) is 17.8. The monoisotopic (exact) mass is 513 g/mol. The van der Waals surface area contributed by atoms with E-state index in [9.17, 15) is 21.6 Å². The van der Waals surface area contributed by atoms with Crippen molar-refractivity contribution >= 4 is 47.8 Å². The van der Waals surface area contributed by atoms with E-state index in [-0.39, 0.29) is 32.8 Å². The molecule has 1 amide bonds. The first kappa shape index (κ1) is 23.8. The van der Waals surface area contributed by atoms with Crippen molar-refractivity contribution < 1.29 is 31.2 Å². The molecule has 13 heteroatoms. The third-order valence-corrected chi connectivity index (χ3v) is 9.20. The highest BCUT2D eigenvalue weighted by Gasteiger charge is 2.36. The van der Waals surface area contributed by atoms with Crippen LogP contribution >= 0.6 is 11.3 Å². The van der Waals surface area contributed by atoms with E-state index in [1.54, 1.807) is 0 Å². The molecule has 1 aromatic heterocycles. The molecule has 1 atom stereocenters. The van der Waals surface area contributed by atoms with Gasteiger partial charge in [0.1, 0.15) is 0 Å². The third-order valence-electron chi connectivity index (χ3n) is 4.99. The molecule has 10 nitrogen and oxygen atoms in total. The highest BCUT2D eigenvalue weighted by atomic mass is 32.2. The number of sulfone groups is 2. The van der Waals surface area contributed by atoms with Crippen molar-refractivity contribution in [2.24, 2.45) is 5.16 Å². The van der Waals surface area contributed by atoms with Crippen LogP contribution in [-0.2, 0) is 39.8 Å². The number of aromatic nitrogens is 1. The lowest BCUT2D eigenvalue weighted by molar-refractivity contribution is -0.110. The molecule has 1 N–H and O–H groups in total. The second kappa shape index (κ2) is 9.49. The van der Waals surface area contributed by atoms with Crippen molar-refractivity contribution in [3.05, 3.63) is 40.9 Å². The van der Waals surface area contributed by atoms with E-state index >= 15 is 0 Å². The Morgan fingerprint density at radius 3 is 2.55 bits per heavy atom.